The highest BCUT2D eigenvalue weighted by molar-refractivity contribution is 6.24. The Morgan fingerprint density at radius 1 is 1.18 bits per heavy atom. The Bertz CT molecular complexity index is 1260. The van der Waals surface area contributed by atoms with E-state index >= 15 is 0 Å². The molecule has 3 aliphatic carbocycles. The van der Waals surface area contributed by atoms with Gasteiger partial charge in [0.05, 0.1) is 17.3 Å². The van der Waals surface area contributed by atoms with E-state index < -0.39 is 63.8 Å². The number of nitrogens with zero attached hydrogens (tertiary/aromatic N) is 1. The number of carbonyl (C=O) groups is 4. The molecule has 1 fully saturated rings. The summed E-state index contributed by atoms with van der Waals surface area (Å²) in [6.45, 7) is 1.29. The first-order valence-electron chi connectivity index (χ1n) is 10.5. The number of aliphatic hydroxyl groups is 3. The quantitative estimate of drug-likeness (QED) is 0.147. The number of carbonyl (C=O) groups excluding carboxylic acids is 4. The van der Waals surface area contributed by atoms with Crippen LogP contribution in [0.2, 0.25) is 0 Å². The number of fused-ring (bicyclic) bond motifs is 3. The number of nitrogens with two attached hydrogens (primary N) is 2. The Balaban J connectivity index is 2.02. The van der Waals surface area contributed by atoms with Crippen LogP contribution in [0.3, 0.4) is 0 Å². The van der Waals surface area contributed by atoms with Gasteiger partial charge in [-0.1, -0.05) is 0 Å². The van der Waals surface area contributed by atoms with Crippen molar-refractivity contribution in [1.29, 1.82) is 0 Å². The maximum atomic E-state index is 13.7. The normalized spacial score (nSPS) is 28.6. The minimum absolute atomic E-state index is 0.0251. The van der Waals surface area contributed by atoms with Crippen molar-refractivity contribution < 1.29 is 39.6 Å². The predicted molar refractivity (Wildman–Crippen MR) is 119 cm³/mol. The van der Waals surface area contributed by atoms with E-state index in [1.165, 1.54) is 32.0 Å². The summed E-state index contributed by atoms with van der Waals surface area (Å²) in [6, 6.07) is 0.112. The zero-order valence-electron chi connectivity index (χ0n) is 18.7. The highest BCUT2D eigenvalue weighted by atomic mass is 16.3. The standard InChI is InChI=1S/C23H25N3O8/c1-7(27)9-6-12(24)17(28)14-10(9)4-8-5-11-16(26(2)3)19(30)15(22(25)33)21(32)23(11,34)20(31)13(8)18(14)29/h6,8,11,16,28-29,32,34H,4-5,24H2,1-3H3,(H2,25,33)/t8-,11-,16-,23-/m0/s1. The number of amides is 1. The van der Waals surface area contributed by atoms with Crippen LogP contribution in [0, 0.1) is 11.8 Å². The van der Waals surface area contributed by atoms with E-state index in [0.29, 0.717) is 0 Å². The Morgan fingerprint density at radius 3 is 2.32 bits per heavy atom. The number of hydrogen-bond acceptors (Lipinski definition) is 10. The van der Waals surface area contributed by atoms with Gasteiger partial charge in [0.1, 0.15) is 22.8 Å². The predicted octanol–water partition coefficient (Wildman–Crippen LogP) is -0.251. The average Bonchev–Trinajstić information content (AvgIpc) is 2.72. The molecule has 1 aromatic carbocycles. The molecule has 8 N–H and O–H groups in total. The van der Waals surface area contributed by atoms with Crippen LogP contribution >= 0.6 is 0 Å². The number of primary amides is 1. The highest BCUT2D eigenvalue weighted by Gasteiger charge is 2.64. The van der Waals surface area contributed by atoms with Crippen LogP contribution < -0.4 is 11.5 Å². The number of nitrogen functional groups attached to an aromatic ring is 1. The third-order valence-electron chi connectivity index (χ3n) is 7.13. The molecule has 0 saturated heterocycles. The van der Waals surface area contributed by atoms with Crippen molar-refractivity contribution in [2.24, 2.45) is 17.6 Å². The van der Waals surface area contributed by atoms with Crippen molar-refractivity contribution in [2.75, 3.05) is 19.8 Å². The van der Waals surface area contributed by atoms with Gasteiger partial charge < -0.3 is 31.9 Å². The molecule has 11 nitrogen and oxygen atoms in total. The molecule has 0 radical (unpaired) electrons. The lowest BCUT2D eigenvalue weighted by Gasteiger charge is -2.50. The number of likely N-dealkylation sites (N-methyl/N-ethyl adjacent to an activating group) is 1. The molecule has 4 rings (SSSR count). The molecule has 4 atom stereocenters. The van der Waals surface area contributed by atoms with Crippen LogP contribution in [0.1, 0.15) is 34.8 Å². The van der Waals surface area contributed by atoms with E-state index in [4.69, 9.17) is 11.5 Å². The summed E-state index contributed by atoms with van der Waals surface area (Å²) < 4.78 is 0. The van der Waals surface area contributed by atoms with Crippen molar-refractivity contribution in [1.82, 2.24) is 4.90 Å². The fourth-order valence-corrected chi connectivity index (χ4v) is 5.65. The molecule has 0 aliphatic heterocycles. The van der Waals surface area contributed by atoms with Gasteiger partial charge in [-0.2, -0.15) is 0 Å². The molecule has 34 heavy (non-hydrogen) atoms. The van der Waals surface area contributed by atoms with Crippen molar-refractivity contribution in [3.63, 3.8) is 0 Å². The molecule has 1 saturated carbocycles. The Morgan fingerprint density at radius 2 is 1.79 bits per heavy atom. The summed E-state index contributed by atoms with van der Waals surface area (Å²) in [5.74, 6) is -7.97. The number of hydrogen-bond donors (Lipinski definition) is 6. The maximum absolute atomic E-state index is 13.7. The van der Waals surface area contributed by atoms with Gasteiger partial charge in [-0.15, -0.1) is 0 Å². The number of aromatic hydroxyl groups is 1. The zero-order chi connectivity index (χ0) is 25.4. The second-order valence-electron chi connectivity index (χ2n) is 9.23. The lowest BCUT2D eigenvalue weighted by atomic mass is 9.57. The Kier molecular flexibility index (Phi) is 5.11. The van der Waals surface area contributed by atoms with Crippen LogP contribution in [0.25, 0.3) is 5.76 Å². The van der Waals surface area contributed by atoms with Gasteiger partial charge in [0, 0.05) is 17.1 Å². The first-order chi connectivity index (χ1) is 15.7. The third-order valence-corrected chi connectivity index (χ3v) is 7.13. The summed E-state index contributed by atoms with van der Waals surface area (Å²) in [7, 11) is 3.03. The first kappa shape index (κ1) is 23.5. The zero-order valence-corrected chi connectivity index (χ0v) is 18.7. The van der Waals surface area contributed by atoms with Crippen molar-refractivity contribution in [3.05, 3.63) is 39.7 Å². The van der Waals surface area contributed by atoms with Gasteiger partial charge >= 0.3 is 0 Å². The number of aliphatic hydroxyl groups excluding tert-OH is 2. The minimum atomic E-state index is -2.72. The summed E-state index contributed by atoms with van der Waals surface area (Å²) >= 11 is 0. The molecule has 1 amide bonds. The fourth-order valence-electron chi connectivity index (χ4n) is 5.65. The topological polar surface area (TPSA) is 204 Å². The van der Waals surface area contributed by atoms with Crippen molar-refractivity contribution >= 4 is 34.7 Å². The Hall–Kier alpha value is -3.70. The van der Waals surface area contributed by atoms with Crippen LogP contribution in [0.4, 0.5) is 5.69 Å². The first-order valence-corrected chi connectivity index (χ1v) is 10.5. The molecule has 0 aromatic heterocycles. The van der Waals surface area contributed by atoms with E-state index in [0.717, 1.165) is 0 Å². The molecule has 180 valence electrons. The average molecular weight is 471 g/mol. The van der Waals surface area contributed by atoms with Crippen LogP contribution in [-0.2, 0) is 20.8 Å². The molecule has 0 spiro atoms. The SMILES string of the molecule is CC(=O)c1cc(N)c(O)c2c1C[C@H]1C[C@H]3[C@H](N(C)C)C(=O)C(C(N)=O)=C(O)[C@@]3(O)C(=O)C1=C2O. The third kappa shape index (κ3) is 2.83. The molecule has 11 heteroatoms. The molecule has 0 bridgehead atoms. The number of ketones is 3. The van der Waals surface area contributed by atoms with Crippen molar-refractivity contribution in [2.45, 2.75) is 31.4 Å². The van der Waals surface area contributed by atoms with E-state index in [-0.39, 0.29) is 46.6 Å². The smallest absolute Gasteiger partial charge is 0.255 e. The van der Waals surface area contributed by atoms with Gasteiger partial charge in [0.15, 0.2) is 17.2 Å². The largest absolute Gasteiger partial charge is 0.508 e. The molecule has 0 unspecified atom stereocenters. The summed E-state index contributed by atoms with van der Waals surface area (Å²) in [5, 5.41) is 43.9. The van der Waals surface area contributed by atoms with Crippen molar-refractivity contribution in [3.8, 4) is 5.75 Å². The number of rotatable bonds is 3. The minimum Gasteiger partial charge on any atom is -0.508 e. The number of benzene rings is 1. The van der Waals surface area contributed by atoms with Gasteiger partial charge in [-0.05, 0) is 51.4 Å². The number of phenolic OH excluding ortho intramolecular Hbond substituents is 1. The molecular weight excluding hydrogens is 446 g/mol. The fraction of sp³-hybridized carbons (Fsp3) is 0.391. The summed E-state index contributed by atoms with van der Waals surface area (Å²) in [4.78, 5) is 52.3. The molecule has 1 aromatic rings. The molecule has 3 aliphatic rings. The molecular formula is C23H25N3O8. The van der Waals surface area contributed by atoms with Gasteiger partial charge in [-0.3, -0.25) is 24.1 Å². The highest BCUT2D eigenvalue weighted by Crippen LogP contribution is 2.53. The monoisotopic (exact) mass is 471 g/mol. The number of Topliss-reactive ketones (excluding diaryl/α,β-unsaturated/α-hetero) is 3. The van der Waals surface area contributed by atoms with Gasteiger partial charge in [-0.25, -0.2) is 0 Å². The maximum Gasteiger partial charge on any atom is 0.255 e. The van der Waals surface area contributed by atoms with Gasteiger partial charge in [0.25, 0.3) is 5.91 Å². The second kappa shape index (κ2) is 7.40. The summed E-state index contributed by atoms with van der Waals surface area (Å²) in [6.07, 6.45) is -0.0362. The van der Waals surface area contributed by atoms with E-state index in [9.17, 15) is 39.6 Å². The lowest BCUT2D eigenvalue weighted by molar-refractivity contribution is -0.153. The van der Waals surface area contributed by atoms with Gasteiger partial charge in [0.2, 0.25) is 5.78 Å². The van der Waals surface area contributed by atoms with E-state index in [2.05, 4.69) is 0 Å². The van der Waals surface area contributed by atoms with Crippen LogP contribution in [0.15, 0.2) is 23.0 Å². The number of phenols is 1. The van der Waals surface area contributed by atoms with Crippen LogP contribution in [0.5, 0.6) is 5.75 Å². The van der Waals surface area contributed by atoms with E-state index in [1.807, 2.05) is 0 Å². The number of anilines is 1. The lowest BCUT2D eigenvalue weighted by Crippen LogP contribution is -2.65. The van der Waals surface area contributed by atoms with E-state index in [1.54, 1.807) is 0 Å². The molecule has 0 heterocycles. The Labute approximate surface area is 194 Å². The second-order valence-corrected chi connectivity index (χ2v) is 9.23. The summed E-state index contributed by atoms with van der Waals surface area (Å²) in [5.41, 5.74) is 7.23. The van der Waals surface area contributed by atoms with Crippen LogP contribution in [-0.4, -0.2) is 74.3 Å².